The van der Waals surface area contributed by atoms with Crippen molar-refractivity contribution in [3.63, 3.8) is 0 Å². The molecular weight excluding hydrogens is 449 g/mol. The Labute approximate surface area is 212 Å². The molecule has 0 radical (unpaired) electrons. The van der Waals surface area contributed by atoms with Gasteiger partial charge in [0.15, 0.2) is 0 Å². The van der Waals surface area contributed by atoms with Gasteiger partial charge in [-0.15, -0.1) is 5.54 Å². The van der Waals surface area contributed by atoms with Gasteiger partial charge >= 0.3 is 0 Å². The molecule has 34 heavy (non-hydrogen) atoms. The van der Waals surface area contributed by atoms with Crippen molar-refractivity contribution in [2.45, 2.75) is 129 Å². The van der Waals surface area contributed by atoms with Gasteiger partial charge in [-0.05, 0) is 23.0 Å². The van der Waals surface area contributed by atoms with Crippen LogP contribution >= 0.6 is 0 Å². The zero-order valence-electron chi connectivity index (χ0n) is 24.0. The smallest absolute Gasteiger partial charge is 0.146 e. The van der Waals surface area contributed by atoms with Crippen LogP contribution < -0.4 is 11.5 Å². The summed E-state index contributed by atoms with van der Waals surface area (Å²) >= 11 is 0. The van der Waals surface area contributed by atoms with E-state index in [2.05, 4.69) is 94.5 Å². The van der Waals surface area contributed by atoms with E-state index in [4.69, 9.17) is 22.3 Å². The van der Waals surface area contributed by atoms with E-state index in [0.29, 0.717) is 50.2 Å². The summed E-state index contributed by atoms with van der Waals surface area (Å²) in [5, 5.41) is 17.7. The molecule has 0 atom stereocenters. The molecule has 0 bridgehead atoms. The lowest BCUT2D eigenvalue weighted by molar-refractivity contribution is 0.789. The Morgan fingerprint density at radius 3 is 1.41 bits per heavy atom. The third kappa shape index (κ3) is 5.31. The minimum absolute atomic E-state index is 0.209. The molecule has 0 aromatic heterocycles. The minimum Gasteiger partial charge on any atom is -0.397 e. The Balaban J connectivity index is 3.46. The van der Waals surface area contributed by atoms with Crippen LogP contribution in [0.3, 0.4) is 0 Å². The predicted molar refractivity (Wildman–Crippen MR) is 157 cm³/mol. The fourth-order valence-corrected chi connectivity index (χ4v) is 18.7. The average Bonchev–Trinajstić information content (AvgIpc) is 2.70. The Morgan fingerprint density at radius 1 is 0.647 bits per heavy atom. The van der Waals surface area contributed by atoms with Crippen molar-refractivity contribution in [1.29, 1.82) is 10.8 Å². The Bertz CT molecular complexity index is 865. The van der Waals surface area contributed by atoms with Crippen LogP contribution in [-0.2, 0) is 0 Å². The molecule has 1 aliphatic carbocycles. The molecule has 4 nitrogen and oxygen atoms in total. The number of allylic oxidation sites excluding steroid dienone is 2. The average molecular weight is 501 g/mol. The van der Waals surface area contributed by atoms with Gasteiger partial charge < -0.3 is 11.5 Å². The van der Waals surface area contributed by atoms with Crippen LogP contribution in [0, 0.1) is 22.3 Å². The monoisotopic (exact) mass is 500 g/mol. The van der Waals surface area contributed by atoms with Gasteiger partial charge in [0.25, 0.3) is 0 Å². The van der Waals surface area contributed by atoms with Crippen LogP contribution in [0.4, 0.5) is 0 Å². The first-order valence-electron chi connectivity index (χ1n) is 13.2. The standard InChI is InChI=1S/C28H52N4Si2/c1-17(2)33(18(3)4,19(5)6)15-13-23-25(29)27(31)24(28(32)26(23)30)14-16-34(20(7)8,21(9)10)22(11)12/h17-22,29,32H,13,15,30-31H2,1-12H3. The van der Waals surface area contributed by atoms with Crippen molar-refractivity contribution in [1.82, 2.24) is 0 Å². The van der Waals surface area contributed by atoms with Crippen LogP contribution in [0.15, 0.2) is 22.5 Å². The van der Waals surface area contributed by atoms with E-state index in [1.165, 1.54) is 0 Å². The van der Waals surface area contributed by atoms with Gasteiger partial charge in [-0.2, -0.15) is 0 Å². The number of hydrogen-bond donors (Lipinski definition) is 4. The van der Waals surface area contributed by atoms with E-state index in [1.54, 1.807) is 0 Å². The lowest BCUT2D eigenvalue weighted by Crippen LogP contribution is -2.44. The van der Waals surface area contributed by atoms with Gasteiger partial charge in [-0.3, -0.25) is 10.8 Å². The maximum absolute atomic E-state index is 8.86. The van der Waals surface area contributed by atoms with E-state index in [-0.39, 0.29) is 11.4 Å². The number of nitrogens with one attached hydrogen (secondary N) is 2. The molecule has 0 saturated carbocycles. The molecule has 0 amide bonds. The van der Waals surface area contributed by atoms with Gasteiger partial charge in [0.1, 0.15) is 8.07 Å². The second kappa shape index (κ2) is 11.4. The lowest BCUT2D eigenvalue weighted by atomic mass is 9.89. The van der Waals surface area contributed by atoms with E-state index in [9.17, 15) is 0 Å². The van der Waals surface area contributed by atoms with Crippen LogP contribution in [0.1, 0.15) is 89.5 Å². The summed E-state index contributed by atoms with van der Waals surface area (Å²) in [4.78, 5) is 0. The fraction of sp³-hybridized carbons (Fsp3) is 0.714. The Hall–Kier alpha value is -1.59. The van der Waals surface area contributed by atoms with Gasteiger partial charge in [0, 0.05) is 5.57 Å². The maximum atomic E-state index is 8.86. The molecule has 1 rings (SSSR count). The molecule has 6 heteroatoms. The molecule has 0 aromatic rings. The summed E-state index contributed by atoms with van der Waals surface area (Å²) < 4.78 is 0. The summed E-state index contributed by atoms with van der Waals surface area (Å²) in [5.74, 6) is 3.31. The summed E-state index contributed by atoms with van der Waals surface area (Å²) in [6.07, 6.45) is 0.720. The first-order valence-corrected chi connectivity index (χ1v) is 17.9. The Morgan fingerprint density at radius 2 is 1.06 bits per heavy atom. The molecular formula is C28H52N4Si2. The lowest BCUT2D eigenvalue weighted by Gasteiger charge is -2.44. The van der Waals surface area contributed by atoms with Crippen molar-refractivity contribution >= 4 is 27.6 Å². The topological polar surface area (TPSA) is 99.7 Å². The first-order chi connectivity index (χ1) is 15.5. The molecule has 0 unspecified atom stereocenters. The maximum Gasteiger partial charge on any atom is 0.146 e. The van der Waals surface area contributed by atoms with Gasteiger partial charge in [0.05, 0.1) is 36.5 Å². The van der Waals surface area contributed by atoms with E-state index < -0.39 is 16.1 Å². The summed E-state index contributed by atoms with van der Waals surface area (Å²) in [6.45, 7) is 27.8. The molecule has 1 aliphatic rings. The van der Waals surface area contributed by atoms with Gasteiger partial charge in [0.2, 0.25) is 0 Å². The van der Waals surface area contributed by atoms with Gasteiger partial charge in [-0.25, -0.2) is 0 Å². The fourth-order valence-electron chi connectivity index (χ4n) is 7.04. The predicted octanol–water partition coefficient (Wildman–Crippen LogP) is 7.76. The highest BCUT2D eigenvalue weighted by atomic mass is 28.3. The molecule has 0 saturated heterocycles. The van der Waals surface area contributed by atoms with Gasteiger partial charge in [-0.1, -0.05) is 112 Å². The molecule has 6 N–H and O–H groups in total. The zero-order valence-corrected chi connectivity index (χ0v) is 26.0. The highest BCUT2D eigenvalue weighted by Gasteiger charge is 2.43. The summed E-state index contributed by atoms with van der Waals surface area (Å²) in [6, 6.07) is 1.06. The first kappa shape index (κ1) is 30.4. The van der Waals surface area contributed by atoms with E-state index in [0.717, 1.165) is 18.0 Å². The minimum atomic E-state index is -1.98. The molecule has 0 spiro atoms. The number of hydrogen-bond acceptors (Lipinski definition) is 4. The molecule has 192 valence electrons. The summed E-state index contributed by atoms with van der Waals surface area (Å²) in [7, 11) is -3.62. The second-order valence-electron chi connectivity index (χ2n) is 12.2. The quantitative estimate of drug-likeness (QED) is 0.148. The highest BCUT2D eigenvalue weighted by molar-refractivity contribution is 6.90. The van der Waals surface area contributed by atoms with Crippen LogP contribution in [0.5, 0.6) is 0 Å². The van der Waals surface area contributed by atoms with Crippen LogP contribution in [0.25, 0.3) is 0 Å². The van der Waals surface area contributed by atoms with Crippen LogP contribution in [-0.4, -0.2) is 27.6 Å². The van der Waals surface area contributed by atoms with Crippen molar-refractivity contribution in [2.75, 3.05) is 0 Å². The summed E-state index contributed by atoms with van der Waals surface area (Å²) in [5.41, 5.74) is 22.5. The van der Waals surface area contributed by atoms with Crippen LogP contribution in [0.2, 0.25) is 39.3 Å². The molecule has 0 aliphatic heterocycles. The van der Waals surface area contributed by atoms with E-state index >= 15 is 0 Å². The molecule has 0 heterocycles. The largest absolute Gasteiger partial charge is 0.397 e. The van der Waals surface area contributed by atoms with E-state index in [1.807, 2.05) is 0 Å². The zero-order chi connectivity index (χ0) is 26.8. The van der Waals surface area contributed by atoms with Crippen molar-refractivity contribution in [3.05, 3.63) is 22.5 Å². The number of nitrogens with two attached hydrogens (primary N) is 2. The highest BCUT2D eigenvalue weighted by Crippen LogP contribution is 2.46. The third-order valence-corrected chi connectivity index (χ3v) is 22.8. The second-order valence-corrected chi connectivity index (χ2v) is 23.9. The number of rotatable bonds is 9. The van der Waals surface area contributed by atoms with Crippen molar-refractivity contribution in [3.8, 4) is 11.5 Å². The van der Waals surface area contributed by atoms with Crippen molar-refractivity contribution < 1.29 is 0 Å². The normalized spacial score (nSPS) is 16.2. The third-order valence-electron chi connectivity index (χ3n) is 8.99. The molecule has 0 fully saturated rings. The van der Waals surface area contributed by atoms with Crippen molar-refractivity contribution in [2.24, 2.45) is 11.5 Å². The Kier molecular flexibility index (Phi) is 10.2. The molecule has 0 aromatic carbocycles. The SMILES string of the molecule is CC(C)[Si](C#CC1=C(N)C(=N)C(CC[Si](C(C)C)(C(C)C)C(C)C)=C(N)C1=N)(C(C)C)C(C)C.